The lowest BCUT2D eigenvalue weighted by Gasteiger charge is -2.26. The number of sulfonamides is 1. The van der Waals surface area contributed by atoms with Crippen molar-refractivity contribution in [1.82, 2.24) is 9.03 Å². The molecule has 0 spiro atoms. The van der Waals surface area contributed by atoms with Crippen molar-refractivity contribution < 1.29 is 27.0 Å². The number of aryl methyl sites for hydroxylation is 1. The number of nitrogens with one attached hydrogen (secondary N) is 1. The van der Waals surface area contributed by atoms with Gasteiger partial charge in [-0.1, -0.05) is 24.3 Å². The van der Waals surface area contributed by atoms with E-state index in [1.807, 2.05) is 18.6 Å². The number of rotatable bonds is 8. The van der Waals surface area contributed by atoms with Crippen LogP contribution in [-0.2, 0) is 26.7 Å². The molecule has 0 aliphatic carbocycles. The van der Waals surface area contributed by atoms with Gasteiger partial charge in [-0.2, -0.15) is 12.7 Å². The summed E-state index contributed by atoms with van der Waals surface area (Å²) in [6, 6.07) is 12.5. The first-order valence-corrected chi connectivity index (χ1v) is 12.5. The van der Waals surface area contributed by atoms with Gasteiger partial charge in [-0.05, 0) is 56.5 Å². The molecule has 3 rings (SSSR count). The van der Waals surface area contributed by atoms with E-state index in [0.717, 1.165) is 16.1 Å². The molecule has 0 radical (unpaired) electrons. The molecule has 3 N–H and O–H groups in total. The summed E-state index contributed by atoms with van der Waals surface area (Å²) in [7, 11) is -7.62. The topological polar surface area (TPSA) is 127 Å². The number of aromatic hydroxyl groups is 1. The van der Waals surface area contributed by atoms with Crippen LogP contribution in [0.15, 0.2) is 65.5 Å². The molecule has 0 saturated heterocycles. The molecular formula is C20H25N3O6S2. The van der Waals surface area contributed by atoms with E-state index in [2.05, 4.69) is 0 Å². The van der Waals surface area contributed by atoms with E-state index >= 15 is 0 Å². The number of phenols is 1. The van der Waals surface area contributed by atoms with Crippen LogP contribution in [0.4, 0.5) is 5.69 Å². The third-order valence-electron chi connectivity index (χ3n) is 4.78. The second-order valence-electron chi connectivity index (χ2n) is 7.37. The van der Waals surface area contributed by atoms with Gasteiger partial charge in [-0.25, -0.2) is 17.4 Å². The van der Waals surface area contributed by atoms with Crippen molar-refractivity contribution in [2.24, 2.45) is 0 Å². The van der Waals surface area contributed by atoms with E-state index < -0.39 is 26.1 Å². The van der Waals surface area contributed by atoms with Gasteiger partial charge in [-0.15, -0.1) is 0 Å². The Kier molecular flexibility index (Phi) is 6.48. The number of phenolic OH excluding ortho intramolecular Hbond substituents is 1. The van der Waals surface area contributed by atoms with Gasteiger partial charge in [0.1, 0.15) is 11.4 Å². The molecule has 0 aromatic heterocycles. The number of nitrogens with zero attached hydrogens (tertiary/aromatic N) is 2. The van der Waals surface area contributed by atoms with Crippen LogP contribution in [-0.4, -0.2) is 43.9 Å². The van der Waals surface area contributed by atoms with E-state index in [1.54, 1.807) is 36.4 Å². The summed E-state index contributed by atoms with van der Waals surface area (Å²) in [5.74, 6) is -0.816. The predicted octanol–water partition coefficient (Wildman–Crippen LogP) is 2.44. The molecule has 0 amide bonds. The number of aliphatic hydroxyl groups excluding tert-OH is 1. The smallest absolute Gasteiger partial charge is 0.330 e. The Morgan fingerprint density at radius 2 is 1.77 bits per heavy atom. The maximum atomic E-state index is 12.9. The van der Waals surface area contributed by atoms with Gasteiger partial charge in [0.25, 0.3) is 0 Å². The summed E-state index contributed by atoms with van der Waals surface area (Å²) >= 11 is 0. The highest BCUT2D eigenvalue weighted by atomic mass is 32.2. The van der Waals surface area contributed by atoms with E-state index in [0.29, 0.717) is 19.4 Å². The van der Waals surface area contributed by atoms with Crippen LogP contribution in [0.5, 0.6) is 5.75 Å². The molecular weight excluding hydrogens is 442 g/mol. The summed E-state index contributed by atoms with van der Waals surface area (Å²) in [6.45, 7) is 3.92. The SMILES string of the molecule is CC(C)N(CCCc1ccc(N2C=C(O)NS2(=O)=O)c(O)c1)S(=O)(=O)c1ccccc1. The first kappa shape index (κ1) is 22.9. The van der Waals surface area contributed by atoms with Gasteiger partial charge < -0.3 is 10.2 Å². The first-order valence-electron chi connectivity index (χ1n) is 9.64. The minimum Gasteiger partial charge on any atom is -0.506 e. The Morgan fingerprint density at radius 1 is 1.10 bits per heavy atom. The normalized spacial score (nSPS) is 15.9. The minimum atomic E-state index is -4.00. The molecule has 9 nitrogen and oxygen atoms in total. The number of benzene rings is 2. The lowest BCUT2D eigenvalue weighted by Crippen LogP contribution is -2.37. The fraction of sp³-hybridized carbons (Fsp3) is 0.300. The number of anilines is 1. The summed E-state index contributed by atoms with van der Waals surface area (Å²) < 4.78 is 53.9. The van der Waals surface area contributed by atoms with Gasteiger partial charge in [-0.3, -0.25) is 0 Å². The number of hydrogen-bond acceptors (Lipinski definition) is 6. The number of hydrogen-bond donors (Lipinski definition) is 3. The Labute approximate surface area is 182 Å². The van der Waals surface area contributed by atoms with E-state index in [1.165, 1.54) is 16.4 Å². The van der Waals surface area contributed by atoms with Gasteiger partial charge in [0.05, 0.1) is 11.1 Å². The van der Waals surface area contributed by atoms with Crippen molar-refractivity contribution in [3.8, 4) is 5.75 Å². The summed E-state index contributed by atoms with van der Waals surface area (Å²) in [4.78, 5) is 0.238. The van der Waals surface area contributed by atoms with Crippen LogP contribution in [0, 0.1) is 0 Å². The average molecular weight is 468 g/mol. The molecule has 1 heterocycles. The Morgan fingerprint density at radius 3 is 2.32 bits per heavy atom. The highest BCUT2D eigenvalue weighted by molar-refractivity contribution is 7.91. The third kappa shape index (κ3) is 4.94. The lowest BCUT2D eigenvalue weighted by molar-refractivity contribution is 0.349. The van der Waals surface area contributed by atoms with Crippen molar-refractivity contribution in [3.05, 3.63) is 66.2 Å². The van der Waals surface area contributed by atoms with E-state index in [9.17, 15) is 27.0 Å². The van der Waals surface area contributed by atoms with Crippen molar-refractivity contribution >= 4 is 25.9 Å². The molecule has 2 aromatic rings. The van der Waals surface area contributed by atoms with Crippen LogP contribution in [0.1, 0.15) is 25.8 Å². The zero-order valence-corrected chi connectivity index (χ0v) is 18.8. The molecule has 2 aromatic carbocycles. The monoisotopic (exact) mass is 467 g/mol. The highest BCUT2D eigenvalue weighted by Crippen LogP contribution is 2.32. The lowest BCUT2D eigenvalue weighted by atomic mass is 10.1. The number of aliphatic hydroxyl groups is 1. The molecule has 1 aliphatic heterocycles. The molecule has 0 fully saturated rings. The van der Waals surface area contributed by atoms with Gasteiger partial charge in [0.2, 0.25) is 15.9 Å². The van der Waals surface area contributed by atoms with Crippen LogP contribution < -0.4 is 9.03 Å². The Hall–Kier alpha value is -2.76. The average Bonchev–Trinajstić information content (AvgIpc) is 2.97. The molecule has 0 unspecified atom stereocenters. The van der Waals surface area contributed by atoms with Crippen molar-refractivity contribution in [3.63, 3.8) is 0 Å². The second-order valence-corrected chi connectivity index (χ2v) is 10.8. The second kappa shape index (κ2) is 8.77. The van der Waals surface area contributed by atoms with Crippen molar-refractivity contribution in [2.45, 2.75) is 37.6 Å². The Balaban J connectivity index is 1.70. The summed E-state index contributed by atoms with van der Waals surface area (Å²) in [5.41, 5.74) is 0.718. The highest BCUT2D eigenvalue weighted by Gasteiger charge is 2.30. The molecule has 0 bridgehead atoms. The molecule has 168 valence electrons. The standard InChI is InChI=1S/C20H25N3O6S2/c1-15(2)22(30(26,27)17-8-4-3-5-9-17)12-6-7-16-10-11-18(19(24)13-16)23-14-20(25)21-31(23,28)29/h3-5,8-11,13-15,21,24-25H,6-7,12H2,1-2H3. The molecule has 31 heavy (non-hydrogen) atoms. The zero-order chi connectivity index (χ0) is 22.8. The van der Waals surface area contributed by atoms with Crippen LogP contribution in [0.3, 0.4) is 0 Å². The van der Waals surface area contributed by atoms with Crippen molar-refractivity contribution in [1.29, 1.82) is 0 Å². The summed E-state index contributed by atoms with van der Waals surface area (Å²) in [5, 5.41) is 19.7. The van der Waals surface area contributed by atoms with Crippen molar-refractivity contribution in [2.75, 3.05) is 10.8 Å². The first-order chi connectivity index (χ1) is 14.5. The molecule has 1 aliphatic rings. The maximum absolute atomic E-state index is 12.9. The Bertz CT molecular complexity index is 1180. The van der Waals surface area contributed by atoms with Gasteiger partial charge in [0, 0.05) is 12.6 Å². The molecule has 11 heteroatoms. The fourth-order valence-electron chi connectivity index (χ4n) is 3.32. The zero-order valence-electron chi connectivity index (χ0n) is 17.1. The largest absolute Gasteiger partial charge is 0.506 e. The summed E-state index contributed by atoms with van der Waals surface area (Å²) in [6.07, 6.45) is 1.94. The minimum absolute atomic E-state index is 0.00392. The van der Waals surface area contributed by atoms with Gasteiger partial charge in [0.15, 0.2) is 0 Å². The van der Waals surface area contributed by atoms with Crippen LogP contribution >= 0.6 is 0 Å². The fourth-order valence-corrected chi connectivity index (χ4v) is 6.08. The van der Waals surface area contributed by atoms with Gasteiger partial charge >= 0.3 is 10.2 Å². The maximum Gasteiger partial charge on any atom is 0.330 e. The van der Waals surface area contributed by atoms with E-state index in [-0.39, 0.29) is 22.4 Å². The van der Waals surface area contributed by atoms with E-state index in [4.69, 9.17) is 0 Å². The van der Waals surface area contributed by atoms with Crippen LogP contribution in [0.2, 0.25) is 0 Å². The molecule has 0 atom stereocenters. The predicted molar refractivity (Wildman–Crippen MR) is 117 cm³/mol. The molecule has 0 saturated carbocycles. The van der Waals surface area contributed by atoms with Crippen LogP contribution in [0.25, 0.3) is 0 Å². The third-order valence-corrected chi connectivity index (χ3v) is 8.16. The quantitative estimate of drug-likeness (QED) is 0.547.